The van der Waals surface area contributed by atoms with Crippen LogP contribution in [0.4, 0.5) is 0 Å². The molecular weight excluding hydrogens is 372 g/mol. The summed E-state index contributed by atoms with van der Waals surface area (Å²) >= 11 is 1.72. The van der Waals surface area contributed by atoms with Gasteiger partial charge in [-0.2, -0.15) is 21.2 Å². The third-order valence-electron chi connectivity index (χ3n) is 4.15. The van der Waals surface area contributed by atoms with Gasteiger partial charge in [-0.1, -0.05) is 30.3 Å². The number of carbonyl (C=O) groups excluding carboxylic acids is 1. The largest absolute Gasteiger partial charge is 0.348 e. The molecule has 0 unspecified atom stereocenters. The van der Waals surface area contributed by atoms with Gasteiger partial charge < -0.3 is 5.32 Å². The third-order valence-corrected chi connectivity index (χ3v) is 6.92. The van der Waals surface area contributed by atoms with Crippen LogP contribution in [0.3, 0.4) is 0 Å². The summed E-state index contributed by atoms with van der Waals surface area (Å²) in [7, 11) is -3.78. The van der Waals surface area contributed by atoms with Gasteiger partial charge >= 0.3 is 0 Å². The molecule has 3 rings (SSSR count). The van der Waals surface area contributed by atoms with Gasteiger partial charge in [0, 0.05) is 43.9 Å². The smallest absolute Gasteiger partial charge is 0.263 e. The average molecular weight is 395 g/mol. The maximum atomic E-state index is 13.0. The molecule has 1 aliphatic heterocycles. The van der Waals surface area contributed by atoms with E-state index in [1.54, 1.807) is 11.8 Å². The number of aryl methyl sites for hydroxylation is 1. The molecule has 0 radical (unpaired) electrons. The fraction of sp³-hybridized carbons (Fsp3) is 0.412. The molecule has 1 N–H and O–H groups in total. The van der Waals surface area contributed by atoms with Gasteiger partial charge in [-0.15, -0.1) is 0 Å². The predicted octanol–water partition coefficient (Wildman–Crippen LogP) is 1.57. The quantitative estimate of drug-likeness (QED) is 0.804. The molecule has 1 aliphatic rings. The van der Waals surface area contributed by atoms with Crippen LogP contribution in [0, 0.1) is 0 Å². The minimum absolute atomic E-state index is 0.0982. The fourth-order valence-electron chi connectivity index (χ4n) is 2.69. The van der Waals surface area contributed by atoms with Crippen LogP contribution in [0.25, 0.3) is 0 Å². The van der Waals surface area contributed by atoms with E-state index in [-0.39, 0.29) is 10.6 Å². The first kappa shape index (κ1) is 18.9. The lowest BCUT2D eigenvalue weighted by atomic mass is 10.2. The predicted molar refractivity (Wildman–Crippen MR) is 102 cm³/mol. The van der Waals surface area contributed by atoms with Gasteiger partial charge in [0.2, 0.25) is 5.03 Å². The van der Waals surface area contributed by atoms with Gasteiger partial charge in [0.15, 0.2) is 0 Å². The van der Waals surface area contributed by atoms with Gasteiger partial charge in [-0.25, -0.2) is 8.42 Å². The number of amides is 1. The maximum Gasteiger partial charge on any atom is 0.263 e. The number of hydrogen-bond acceptors (Lipinski definition) is 5. The maximum absolute atomic E-state index is 13.0. The molecule has 2 heterocycles. The Bertz CT molecular complexity index is 859. The summed E-state index contributed by atoms with van der Waals surface area (Å²) < 4.78 is 28.9. The highest BCUT2D eigenvalue weighted by molar-refractivity contribution is 7.99. The van der Waals surface area contributed by atoms with Crippen molar-refractivity contribution in [2.75, 3.05) is 24.6 Å². The van der Waals surface area contributed by atoms with Gasteiger partial charge in [-0.3, -0.25) is 9.48 Å². The molecule has 1 fully saturated rings. The normalized spacial score (nSPS) is 15.7. The number of sulfonamides is 1. The van der Waals surface area contributed by atoms with Crippen molar-refractivity contribution in [3.63, 3.8) is 0 Å². The SMILES string of the molecule is CCn1cc(C(=O)NCc2ccccc2)c(S(=O)(=O)N2CCSCC2)n1. The zero-order valence-corrected chi connectivity index (χ0v) is 16.2. The number of nitrogens with zero attached hydrogens (tertiary/aromatic N) is 3. The van der Waals surface area contributed by atoms with E-state index in [4.69, 9.17) is 0 Å². The first-order valence-electron chi connectivity index (χ1n) is 8.50. The van der Waals surface area contributed by atoms with Crippen LogP contribution in [-0.4, -0.2) is 53.0 Å². The van der Waals surface area contributed by atoms with Crippen LogP contribution in [0.2, 0.25) is 0 Å². The lowest BCUT2D eigenvalue weighted by Gasteiger charge is -2.24. The first-order chi connectivity index (χ1) is 12.5. The zero-order chi connectivity index (χ0) is 18.6. The van der Waals surface area contributed by atoms with Crippen LogP contribution >= 0.6 is 11.8 Å². The van der Waals surface area contributed by atoms with Crippen molar-refractivity contribution in [2.45, 2.75) is 25.0 Å². The van der Waals surface area contributed by atoms with Crippen molar-refractivity contribution in [1.82, 2.24) is 19.4 Å². The summed E-state index contributed by atoms with van der Waals surface area (Å²) in [6.45, 7) is 3.56. The lowest BCUT2D eigenvalue weighted by Crippen LogP contribution is -2.39. The Morgan fingerprint density at radius 1 is 1.23 bits per heavy atom. The Morgan fingerprint density at radius 3 is 2.58 bits per heavy atom. The molecule has 0 aliphatic carbocycles. The Kier molecular flexibility index (Phi) is 6.00. The molecule has 7 nitrogen and oxygen atoms in total. The monoisotopic (exact) mass is 394 g/mol. The van der Waals surface area contributed by atoms with Crippen molar-refractivity contribution in [3.8, 4) is 0 Å². The second kappa shape index (κ2) is 8.24. The molecule has 9 heteroatoms. The van der Waals surface area contributed by atoms with Crippen LogP contribution in [-0.2, 0) is 23.1 Å². The van der Waals surface area contributed by atoms with Gasteiger partial charge in [0.1, 0.15) is 0 Å². The number of hydrogen-bond donors (Lipinski definition) is 1. The van der Waals surface area contributed by atoms with Crippen LogP contribution < -0.4 is 5.32 Å². The summed E-state index contributed by atoms with van der Waals surface area (Å²) in [6, 6.07) is 9.48. The Morgan fingerprint density at radius 2 is 1.92 bits per heavy atom. The van der Waals surface area contributed by atoms with Crippen molar-refractivity contribution < 1.29 is 13.2 Å². The summed E-state index contributed by atoms with van der Waals surface area (Å²) in [5, 5.41) is 6.80. The number of aromatic nitrogens is 2. The summed E-state index contributed by atoms with van der Waals surface area (Å²) in [4.78, 5) is 12.6. The van der Waals surface area contributed by atoms with E-state index in [9.17, 15) is 13.2 Å². The van der Waals surface area contributed by atoms with Crippen molar-refractivity contribution >= 4 is 27.7 Å². The second-order valence-electron chi connectivity index (χ2n) is 5.89. The number of carbonyl (C=O) groups is 1. The van der Waals surface area contributed by atoms with E-state index >= 15 is 0 Å². The molecule has 0 bridgehead atoms. The molecule has 0 saturated carbocycles. The van der Waals surface area contributed by atoms with E-state index in [1.807, 2.05) is 37.3 Å². The standard InChI is InChI=1S/C17H22N4O3S2/c1-2-20-13-15(16(22)18-12-14-6-4-3-5-7-14)17(19-20)26(23,24)21-8-10-25-11-9-21/h3-7,13H,2,8-12H2,1H3,(H,18,22). The molecule has 1 amide bonds. The minimum atomic E-state index is -3.78. The van der Waals surface area contributed by atoms with E-state index in [0.29, 0.717) is 26.2 Å². The summed E-state index contributed by atoms with van der Waals surface area (Å²) in [5.74, 6) is 1.07. The van der Waals surface area contributed by atoms with Gasteiger partial charge in [0.05, 0.1) is 5.56 Å². The van der Waals surface area contributed by atoms with E-state index in [2.05, 4.69) is 10.4 Å². The number of rotatable bonds is 6. The second-order valence-corrected chi connectivity index (χ2v) is 8.97. The molecule has 1 aromatic heterocycles. The first-order valence-corrected chi connectivity index (χ1v) is 11.1. The van der Waals surface area contributed by atoms with E-state index in [0.717, 1.165) is 17.1 Å². The summed E-state index contributed by atoms with van der Waals surface area (Å²) in [5.41, 5.74) is 1.04. The molecule has 0 atom stereocenters. The molecular formula is C17H22N4O3S2. The molecule has 1 aromatic carbocycles. The van der Waals surface area contributed by atoms with Crippen molar-refractivity contribution in [3.05, 3.63) is 47.7 Å². The fourth-order valence-corrected chi connectivity index (χ4v) is 5.37. The minimum Gasteiger partial charge on any atom is -0.348 e. The van der Waals surface area contributed by atoms with E-state index < -0.39 is 15.9 Å². The molecule has 26 heavy (non-hydrogen) atoms. The Labute approximate surface area is 157 Å². The molecule has 2 aromatic rings. The van der Waals surface area contributed by atoms with E-state index in [1.165, 1.54) is 15.2 Å². The van der Waals surface area contributed by atoms with Gasteiger partial charge in [-0.05, 0) is 12.5 Å². The van der Waals surface area contributed by atoms with Crippen LogP contribution in [0.5, 0.6) is 0 Å². The van der Waals surface area contributed by atoms with Crippen LogP contribution in [0.15, 0.2) is 41.6 Å². The molecule has 0 spiro atoms. The molecule has 1 saturated heterocycles. The Hall–Kier alpha value is -1.84. The van der Waals surface area contributed by atoms with Crippen molar-refractivity contribution in [2.24, 2.45) is 0 Å². The number of thioether (sulfide) groups is 1. The van der Waals surface area contributed by atoms with Crippen molar-refractivity contribution in [1.29, 1.82) is 0 Å². The third kappa shape index (κ3) is 4.11. The topological polar surface area (TPSA) is 84.3 Å². The van der Waals surface area contributed by atoms with Gasteiger partial charge in [0.25, 0.3) is 15.9 Å². The summed E-state index contributed by atoms with van der Waals surface area (Å²) in [6.07, 6.45) is 1.51. The number of benzene rings is 1. The highest BCUT2D eigenvalue weighted by Gasteiger charge is 2.33. The van der Waals surface area contributed by atoms with Crippen LogP contribution in [0.1, 0.15) is 22.8 Å². The zero-order valence-electron chi connectivity index (χ0n) is 14.6. The lowest BCUT2D eigenvalue weighted by molar-refractivity contribution is 0.0947. The highest BCUT2D eigenvalue weighted by atomic mass is 32.2. The average Bonchev–Trinajstić information content (AvgIpc) is 3.13. The molecule has 140 valence electrons. The Balaban J connectivity index is 1.84. The number of nitrogens with one attached hydrogen (secondary N) is 1. The highest BCUT2D eigenvalue weighted by Crippen LogP contribution is 2.22.